The summed E-state index contributed by atoms with van der Waals surface area (Å²) in [7, 11) is 0. The molecule has 0 radical (unpaired) electrons. The van der Waals surface area contributed by atoms with Crippen molar-refractivity contribution in [3.05, 3.63) is 59.2 Å². The third-order valence-electron chi connectivity index (χ3n) is 4.60. The molecule has 1 unspecified atom stereocenters. The maximum absolute atomic E-state index is 12.1. The lowest BCUT2D eigenvalue weighted by Gasteiger charge is -2.21. The number of ketones is 1. The molecule has 0 aliphatic rings. The van der Waals surface area contributed by atoms with Gasteiger partial charge in [0.05, 0.1) is 5.56 Å². The summed E-state index contributed by atoms with van der Waals surface area (Å²) in [6.07, 6.45) is 4.95. The zero-order valence-electron chi connectivity index (χ0n) is 17.7. The first-order chi connectivity index (χ1) is 14.0. The molecule has 0 amide bonds. The Morgan fingerprint density at radius 3 is 2.31 bits per heavy atom. The van der Waals surface area contributed by atoms with Gasteiger partial charge in [0.2, 0.25) is 0 Å². The number of rotatable bonds is 11. The quantitative estimate of drug-likeness (QED) is 0.177. The van der Waals surface area contributed by atoms with Gasteiger partial charge in [-0.1, -0.05) is 63.4 Å². The Balaban J connectivity index is 2.46. The molecule has 29 heavy (non-hydrogen) atoms. The summed E-state index contributed by atoms with van der Waals surface area (Å²) in [6.45, 7) is 7.05. The second kappa shape index (κ2) is 11.7. The van der Waals surface area contributed by atoms with Gasteiger partial charge in [-0.15, -0.1) is 11.8 Å². The van der Waals surface area contributed by atoms with Crippen molar-refractivity contribution in [1.29, 1.82) is 0 Å². The summed E-state index contributed by atoms with van der Waals surface area (Å²) >= 11 is 1.79. The Bertz CT molecular complexity index is 817. The van der Waals surface area contributed by atoms with E-state index >= 15 is 0 Å². The summed E-state index contributed by atoms with van der Waals surface area (Å²) < 4.78 is 0. The molecule has 4 nitrogen and oxygen atoms in total. The summed E-state index contributed by atoms with van der Waals surface area (Å²) in [5, 5.41) is 0.302. The highest BCUT2D eigenvalue weighted by Crippen LogP contribution is 2.43. The lowest BCUT2D eigenvalue weighted by molar-refractivity contribution is -0.211. The van der Waals surface area contributed by atoms with Crippen LogP contribution in [0.5, 0.6) is 5.75 Å². The van der Waals surface area contributed by atoms with Gasteiger partial charge in [-0.3, -0.25) is 14.6 Å². The van der Waals surface area contributed by atoms with Crippen LogP contribution in [0.25, 0.3) is 0 Å². The Morgan fingerprint density at radius 1 is 1.00 bits per heavy atom. The van der Waals surface area contributed by atoms with Crippen LogP contribution in [0.4, 0.5) is 0 Å². The van der Waals surface area contributed by atoms with Gasteiger partial charge in [0.1, 0.15) is 0 Å². The minimum Gasteiger partial charge on any atom is -0.294 e. The zero-order chi connectivity index (χ0) is 21.2. The smallest absolute Gasteiger partial charge is 0.294 e. The van der Waals surface area contributed by atoms with Crippen molar-refractivity contribution in [2.75, 3.05) is 0 Å². The third-order valence-corrected chi connectivity index (χ3v) is 6.03. The van der Waals surface area contributed by atoms with Crippen molar-refractivity contribution < 1.29 is 19.4 Å². The lowest BCUT2D eigenvalue weighted by atomic mass is 10.0. The molecule has 0 bridgehead atoms. The van der Waals surface area contributed by atoms with Crippen molar-refractivity contribution in [1.82, 2.24) is 0 Å². The van der Waals surface area contributed by atoms with Crippen LogP contribution in [0.3, 0.4) is 0 Å². The zero-order valence-corrected chi connectivity index (χ0v) is 18.5. The Hall–Kier alpha value is -2.27. The van der Waals surface area contributed by atoms with Gasteiger partial charge < -0.3 is 0 Å². The number of thioether (sulfide) groups is 1. The highest BCUT2D eigenvalue weighted by atomic mass is 32.2. The molecule has 2 rings (SSSR count). The summed E-state index contributed by atoms with van der Waals surface area (Å²) in [6, 6.07) is 14.2. The minimum absolute atomic E-state index is 0.119. The van der Waals surface area contributed by atoms with Gasteiger partial charge in [0, 0.05) is 22.6 Å². The average Bonchev–Trinajstić information content (AvgIpc) is 2.71. The largest absolute Gasteiger partial charge is 0.352 e. The predicted octanol–water partition coefficient (Wildman–Crippen LogP) is 6.72. The van der Waals surface area contributed by atoms with Crippen LogP contribution in [0.2, 0.25) is 0 Å². The average molecular weight is 415 g/mol. The molecule has 0 saturated carbocycles. The molecule has 0 aliphatic carbocycles. The molecular formula is C24H30O4S. The Morgan fingerprint density at radius 2 is 1.72 bits per heavy atom. The molecule has 1 atom stereocenters. The van der Waals surface area contributed by atoms with Gasteiger partial charge in [-0.2, -0.15) is 0 Å². The molecule has 5 heteroatoms. The van der Waals surface area contributed by atoms with Gasteiger partial charge in [0.15, 0.2) is 11.5 Å². The van der Waals surface area contributed by atoms with Gasteiger partial charge in [0.25, 0.3) is 0 Å². The number of hydrogen-bond acceptors (Lipinski definition) is 5. The number of carbonyl (C=O) groups is 2. The molecule has 0 heterocycles. The number of carbonyl (C=O) groups excluding carboxylic acids is 2. The number of benzene rings is 2. The SMILES string of the molecule is CCCCC(Sc1ccc(C(C)=O)c(OOC(C)=O)c1CCC)c1ccccc1. The van der Waals surface area contributed by atoms with Crippen LogP contribution in [0, 0.1) is 0 Å². The Labute approximate surface area is 177 Å². The van der Waals surface area contributed by atoms with Crippen LogP contribution in [0.15, 0.2) is 47.4 Å². The molecular weight excluding hydrogens is 384 g/mol. The van der Waals surface area contributed by atoms with Gasteiger partial charge >= 0.3 is 5.97 Å². The molecule has 0 saturated heterocycles. The fraction of sp³-hybridized carbons (Fsp3) is 0.417. The lowest BCUT2D eigenvalue weighted by Crippen LogP contribution is -2.10. The van der Waals surface area contributed by atoms with E-state index in [9.17, 15) is 9.59 Å². The van der Waals surface area contributed by atoms with E-state index in [1.54, 1.807) is 17.8 Å². The van der Waals surface area contributed by atoms with E-state index in [2.05, 4.69) is 38.1 Å². The van der Waals surface area contributed by atoms with E-state index in [0.717, 1.165) is 42.6 Å². The van der Waals surface area contributed by atoms with Crippen LogP contribution in [0.1, 0.15) is 80.1 Å². The van der Waals surface area contributed by atoms with Crippen molar-refractivity contribution in [3.8, 4) is 5.75 Å². The van der Waals surface area contributed by atoms with Crippen LogP contribution in [-0.2, 0) is 16.1 Å². The number of unbranched alkanes of at least 4 members (excludes halogenated alkanes) is 1. The van der Waals surface area contributed by atoms with E-state index in [-0.39, 0.29) is 5.78 Å². The standard InChI is InChI=1S/C24H30O4S/c1-5-7-14-22(19-12-9-8-10-13-19)29-23-16-15-20(17(3)25)24(21(23)11-6-2)28-27-18(4)26/h8-10,12-13,15-16,22H,5-7,11,14H2,1-4H3. The second-order valence-corrected chi connectivity index (χ2v) is 8.29. The minimum atomic E-state index is -0.551. The second-order valence-electron chi connectivity index (χ2n) is 7.04. The molecule has 0 aromatic heterocycles. The summed E-state index contributed by atoms with van der Waals surface area (Å²) in [4.78, 5) is 34.7. The number of Topliss-reactive ketones (excluding diaryl/α,β-unsaturated/α-hetero) is 1. The third kappa shape index (κ3) is 6.64. The van der Waals surface area contributed by atoms with Crippen molar-refractivity contribution in [2.45, 2.75) is 69.9 Å². The van der Waals surface area contributed by atoms with Gasteiger partial charge in [-0.05, 0) is 37.5 Å². The van der Waals surface area contributed by atoms with Crippen LogP contribution in [-0.4, -0.2) is 11.8 Å². The highest BCUT2D eigenvalue weighted by molar-refractivity contribution is 7.99. The van der Waals surface area contributed by atoms with E-state index < -0.39 is 5.97 Å². The normalized spacial score (nSPS) is 11.7. The van der Waals surface area contributed by atoms with Crippen molar-refractivity contribution in [2.24, 2.45) is 0 Å². The summed E-state index contributed by atoms with van der Waals surface area (Å²) in [5.74, 6) is -0.307. The topological polar surface area (TPSA) is 52.6 Å². The maximum atomic E-state index is 12.1. The first kappa shape index (κ1) is 23.0. The molecule has 0 spiro atoms. The van der Waals surface area contributed by atoms with Crippen LogP contribution < -0.4 is 4.89 Å². The molecule has 2 aromatic carbocycles. The fourth-order valence-corrected chi connectivity index (χ4v) is 4.55. The first-order valence-electron chi connectivity index (χ1n) is 10.2. The molecule has 0 fully saturated rings. The maximum Gasteiger partial charge on any atom is 0.352 e. The first-order valence-corrected chi connectivity index (χ1v) is 11.1. The highest BCUT2D eigenvalue weighted by Gasteiger charge is 2.22. The fourth-order valence-electron chi connectivity index (χ4n) is 3.18. The molecule has 0 N–H and O–H groups in total. The van der Waals surface area contributed by atoms with Crippen molar-refractivity contribution in [3.63, 3.8) is 0 Å². The predicted molar refractivity (Wildman–Crippen MR) is 117 cm³/mol. The van der Waals surface area contributed by atoms with E-state index in [4.69, 9.17) is 9.78 Å². The Kier molecular flexibility index (Phi) is 9.26. The van der Waals surface area contributed by atoms with E-state index in [1.807, 2.05) is 12.1 Å². The van der Waals surface area contributed by atoms with E-state index in [1.165, 1.54) is 19.4 Å². The van der Waals surface area contributed by atoms with E-state index in [0.29, 0.717) is 16.6 Å². The van der Waals surface area contributed by atoms with Crippen molar-refractivity contribution >= 4 is 23.5 Å². The number of hydrogen-bond donors (Lipinski definition) is 0. The summed E-state index contributed by atoms with van der Waals surface area (Å²) in [5.41, 5.74) is 2.64. The molecule has 0 aliphatic heterocycles. The molecule has 2 aromatic rings. The van der Waals surface area contributed by atoms with Gasteiger partial charge in [-0.25, -0.2) is 4.79 Å². The van der Waals surface area contributed by atoms with Crippen LogP contribution >= 0.6 is 11.8 Å². The monoisotopic (exact) mass is 414 g/mol. The molecule has 156 valence electrons.